The summed E-state index contributed by atoms with van der Waals surface area (Å²) in [6.07, 6.45) is -2.29. The summed E-state index contributed by atoms with van der Waals surface area (Å²) in [5.74, 6) is -0.370. The molecule has 3 heterocycles. The van der Waals surface area contributed by atoms with Gasteiger partial charge in [-0.05, 0) is 5.56 Å². The molecule has 3 fully saturated rings. The van der Waals surface area contributed by atoms with Gasteiger partial charge in [0.25, 0.3) is 11.8 Å². The molecule has 3 saturated heterocycles. The quantitative estimate of drug-likeness (QED) is 0.731. The van der Waals surface area contributed by atoms with E-state index in [4.69, 9.17) is 14.6 Å². The van der Waals surface area contributed by atoms with Crippen molar-refractivity contribution in [3.8, 4) is 0 Å². The highest BCUT2D eigenvalue weighted by atomic mass is 16.7. The van der Waals surface area contributed by atoms with Gasteiger partial charge in [-0.15, -0.1) is 0 Å². The summed E-state index contributed by atoms with van der Waals surface area (Å²) < 4.78 is 11.4. The number of carbonyl (C=O) groups is 2. The Bertz CT molecular complexity index is 677. The van der Waals surface area contributed by atoms with Crippen LogP contribution < -0.4 is 0 Å². The monoisotopic (exact) mass is 375 g/mol. The zero-order chi connectivity index (χ0) is 18.8. The van der Waals surface area contributed by atoms with Crippen molar-refractivity contribution in [2.45, 2.75) is 25.0 Å². The van der Waals surface area contributed by atoms with E-state index in [0.29, 0.717) is 45.8 Å². The van der Waals surface area contributed by atoms with Crippen LogP contribution in [0.2, 0.25) is 0 Å². The van der Waals surface area contributed by atoms with Crippen LogP contribution in [0, 0.1) is 0 Å². The highest BCUT2D eigenvalue weighted by Gasteiger charge is 2.52. The average Bonchev–Trinajstić information content (AvgIpc) is 3.06. The normalized spacial score (nSPS) is 28.6. The Kier molecular flexibility index (Phi) is 5.40. The van der Waals surface area contributed by atoms with Crippen LogP contribution in [0.15, 0.2) is 30.3 Å². The van der Waals surface area contributed by atoms with Gasteiger partial charge in [0.15, 0.2) is 18.5 Å². The van der Waals surface area contributed by atoms with Crippen LogP contribution in [-0.2, 0) is 25.6 Å². The number of ether oxygens (including phenoxy) is 2. The van der Waals surface area contributed by atoms with E-state index in [0.717, 1.165) is 5.56 Å². The van der Waals surface area contributed by atoms with E-state index in [2.05, 4.69) is 4.90 Å². The second-order valence-corrected chi connectivity index (χ2v) is 7.14. The fourth-order valence-corrected chi connectivity index (χ4v) is 3.87. The van der Waals surface area contributed by atoms with Crippen LogP contribution in [0.4, 0.5) is 0 Å². The third-order valence-electron chi connectivity index (χ3n) is 5.36. The lowest BCUT2D eigenvalue weighted by Gasteiger charge is -2.35. The smallest absolute Gasteiger partial charge is 0.255 e. The number of β-amino-alcohol motifs (C(OH)–C–C–N with tert-alkyl or cyclic N) is 1. The lowest BCUT2D eigenvalue weighted by molar-refractivity contribution is -0.162. The molecule has 8 heteroatoms. The first kappa shape index (κ1) is 18.4. The molecule has 2 amide bonds. The molecule has 4 rings (SSSR count). The molecule has 146 valence electrons. The number of morpholine rings is 1. The minimum atomic E-state index is -0.868. The summed E-state index contributed by atoms with van der Waals surface area (Å²) in [4.78, 5) is 31.3. The van der Waals surface area contributed by atoms with Gasteiger partial charge in [-0.1, -0.05) is 30.3 Å². The molecule has 2 bridgehead atoms. The third-order valence-corrected chi connectivity index (χ3v) is 5.36. The number of benzene rings is 1. The predicted molar refractivity (Wildman–Crippen MR) is 95.5 cm³/mol. The average molecular weight is 375 g/mol. The SMILES string of the molecule is O=C([C@@H]1O[C@H]2CN(Cc3ccccc3)C(=O)[C@@H]1O2)N1CCN(CCO)CC1. The van der Waals surface area contributed by atoms with Crippen LogP contribution in [0.25, 0.3) is 0 Å². The molecule has 3 aliphatic rings. The molecule has 0 saturated carbocycles. The second kappa shape index (κ2) is 7.93. The van der Waals surface area contributed by atoms with Crippen molar-refractivity contribution in [2.75, 3.05) is 45.9 Å². The van der Waals surface area contributed by atoms with Gasteiger partial charge in [0.2, 0.25) is 0 Å². The molecular weight excluding hydrogens is 350 g/mol. The number of rotatable bonds is 5. The first-order chi connectivity index (χ1) is 13.2. The second-order valence-electron chi connectivity index (χ2n) is 7.14. The van der Waals surface area contributed by atoms with E-state index in [1.807, 2.05) is 30.3 Å². The number of nitrogens with zero attached hydrogens (tertiary/aromatic N) is 3. The zero-order valence-corrected chi connectivity index (χ0v) is 15.2. The summed E-state index contributed by atoms with van der Waals surface area (Å²) >= 11 is 0. The van der Waals surface area contributed by atoms with E-state index < -0.39 is 18.5 Å². The van der Waals surface area contributed by atoms with Crippen molar-refractivity contribution in [3.63, 3.8) is 0 Å². The van der Waals surface area contributed by atoms with Gasteiger partial charge in [-0.3, -0.25) is 14.5 Å². The Hall–Kier alpha value is -2.00. The van der Waals surface area contributed by atoms with Gasteiger partial charge in [0.05, 0.1) is 13.2 Å². The van der Waals surface area contributed by atoms with E-state index in [1.165, 1.54) is 0 Å². The molecule has 1 aromatic carbocycles. The highest BCUT2D eigenvalue weighted by molar-refractivity contribution is 5.92. The Morgan fingerprint density at radius 1 is 1.11 bits per heavy atom. The maximum atomic E-state index is 12.9. The summed E-state index contributed by atoms with van der Waals surface area (Å²) in [5.41, 5.74) is 1.04. The van der Waals surface area contributed by atoms with Gasteiger partial charge >= 0.3 is 0 Å². The summed E-state index contributed by atoms with van der Waals surface area (Å²) in [7, 11) is 0. The molecule has 0 spiro atoms. The molecular formula is C19H25N3O5. The Morgan fingerprint density at radius 3 is 2.56 bits per heavy atom. The van der Waals surface area contributed by atoms with E-state index >= 15 is 0 Å². The van der Waals surface area contributed by atoms with E-state index in [1.54, 1.807) is 9.80 Å². The van der Waals surface area contributed by atoms with E-state index in [9.17, 15) is 9.59 Å². The first-order valence-corrected chi connectivity index (χ1v) is 9.41. The Morgan fingerprint density at radius 2 is 1.85 bits per heavy atom. The number of hydrogen-bond donors (Lipinski definition) is 1. The van der Waals surface area contributed by atoms with Crippen LogP contribution in [0.1, 0.15) is 5.56 Å². The number of aliphatic hydroxyl groups excluding tert-OH is 1. The number of fused-ring (bicyclic) bond motifs is 2. The first-order valence-electron chi connectivity index (χ1n) is 9.41. The maximum Gasteiger partial charge on any atom is 0.255 e. The number of amides is 2. The standard InChI is InChI=1S/C19H25N3O5/c23-11-10-20-6-8-21(9-7-20)18(24)16-17-19(25)22(13-15(26-16)27-17)12-14-4-2-1-3-5-14/h1-5,15-17,23H,6-13H2/t15-,16-,17-/m1/s1. The number of hydrogen-bond acceptors (Lipinski definition) is 6. The van der Waals surface area contributed by atoms with Crippen molar-refractivity contribution in [1.29, 1.82) is 0 Å². The summed E-state index contributed by atoms with van der Waals surface area (Å²) in [5, 5.41) is 9.03. The van der Waals surface area contributed by atoms with Crippen molar-refractivity contribution < 1.29 is 24.2 Å². The zero-order valence-electron chi connectivity index (χ0n) is 15.2. The molecule has 27 heavy (non-hydrogen) atoms. The molecule has 0 unspecified atom stereocenters. The van der Waals surface area contributed by atoms with Crippen molar-refractivity contribution in [2.24, 2.45) is 0 Å². The lowest BCUT2D eigenvalue weighted by Crippen LogP contribution is -2.55. The van der Waals surface area contributed by atoms with Gasteiger partial charge in [0.1, 0.15) is 0 Å². The summed E-state index contributed by atoms with van der Waals surface area (Å²) in [6.45, 7) is 4.10. The van der Waals surface area contributed by atoms with Crippen molar-refractivity contribution in [3.05, 3.63) is 35.9 Å². The molecule has 3 atom stereocenters. The van der Waals surface area contributed by atoms with Gasteiger partial charge in [0, 0.05) is 39.3 Å². The topological polar surface area (TPSA) is 82.6 Å². The van der Waals surface area contributed by atoms with Crippen LogP contribution in [-0.4, -0.2) is 96.0 Å². The number of carbonyl (C=O) groups excluding carboxylic acids is 2. The maximum absolute atomic E-state index is 12.9. The van der Waals surface area contributed by atoms with Crippen LogP contribution in [0.5, 0.6) is 0 Å². The number of piperazine rings is 1. The van der Waals surface area contributed by atoms with E-state index in [-0.39, 0.29) is 18.4 Å². The molecule has 1 N–H and O–H groups in total. The van der Waals surface area contributed by atoms with Crippen molar-refractivity contribution in [1.82, 2.24) is 14.7 Å². The summed E-state index contributed by atoms with van der Waals surface area (Å²) in [6, 6.07) is 9.76. The Labute approximate surface area is 158 Å². The molecule has 3 aliphatic heterocycles. The lowest BCUT2D eigenvalue weighted by atomic mass is 10.1. The van der Waals surface area contributed by atoms with Crippen LogP contribution in [0.3, 0.4) is 0 Å². The fraction of sp³-hybridized carbons (Fsp3) is 0.579. The molecule has 0 radical (unpaired) electrons. The predicted octanol–water partition coefficient (Wildman–Crippen LogP) is -0.725. The largest absolute Gasteiger partial charge is 0.395 e. The van der Waals surface area contributed by atoms with Gasteiger partial charge in [-0.2, -0.15) is 0 Å². The third kappa shape index (κ3) is 3.84. The molecule has 0 aromatic heterocycles. The Balaban J connectivity index is 1.38. The van der Waals surface area contributed by atoms with Gasteiger partial charge < -0.3 is 24.4 Å². The molecule has 1 aromatic rings. The number of aliphatic hydroxyl groups is 1. The fourth-order valence-electron chi connectivity index (χ4n) is 3.87. The van der Waals surface area contributed by atoms with Crippen molar-refractivity contribution >= 4 is 11.8 Å². The molecule has 8 nitrogen and oxygen atoms in total. The van der Waals surface area contributed by atoms with Crippen LogP contribution >= 0.6 is 0 Å². The molecule has 0 aliphatic carbocycles. The van der Waals surface area contributed by atoms with Gasteiger partial charge in [-0.25, -0.2) is 0 Å². The highest BCUT2D eigenvalue weighted by Crippen LogP contribution is 2.29. The minimum Gasteiger partial charge on any atom is -0.395 e. The minimum absolute atomic E-state index is 0.114.